The molecule has 0 aromatic carbocycles. The Labute approximate surface area is 220 Å². The first-order chi connectivity index (χ1) is 16.7. The Morgan fingerprint density at radius 2 is 1.75 bits per heavy atom. The van der Waals surface area contributed by atoms with Gasteiger partial charge in [0.25, 0.3) is 7.57 Å². The molecule has 14 heteroatoms. The molecule has 2 radical (unpaired) electrons. The van der Waals surface area contributed by atoms with Gasteiger partial charge in [0.05, 0.1) is 11.7 Å². The van der Waals surface area contributed by atoms with Crippen molar-refractivity contribution >= 4 is 38.3 Å². The summed E-state index contributed by atoms with van der Waals surface area (Å²) in [5.74, 6) is 0. The molecule has 10 nitrogen and oxygen atoms in total. The summed E-state index contributed by atoms with van der Waals surface area (Å²) in [5, 5.41) is -0.0943. The molecule has 1 aliphatic rings. The highest BCUT2D eigenvalue weighted by Gasteiger charge is 2.57. The molecule has 1 heterocycles. The van der Waals surface area contributed by atoms with Crippen LogP contribution >= 0.6 is 15.8 Å². The summed E-state index contributed by atoms with van der Waals surface area (Å²) in [7, 11) is 0.130. The van der Waals surface area contributed by atoms with Gasteiger partial charge in [0, 0.05) is 24.1 Å². The van der Waals surface area contributed by atoms with E-state index in [0.717, 1.165) is 0 Å². The van der Waals surface area contributed by atoms with E-state index in [0.29, 0.717) is 6.42 Å². The molecule has 0 amide bonds. The van der Waals surface area contributed by atoms with Crippen molar-refractivity contribution in [2.24, 2.45) is 0 Å². The number of hydrogen-bond donors (Lipinski definition) is 0. The molecule has 1 fully saturated rings. The average molecular weight is 561 g/mol. The van der Waals surface area contributed by atoms with E-state index in [1.54, 1.807) is 0 Å². The standard InChI is InChI=1S/C22H40BN2O8P2Si/c1-11-22(12-15-28-34(26)29-16-13-24-5)19(32-35(8,27-7)30-17-14-25-6)18(20(23)31-22)33-36(9,10)21(2,3)4/h18-20H,8,11-17H2,1-4,7,9-10H3/q+1/t18?,19-,20-,22+,35?/m1/s1. The Morgan fingerprint density at radius 3 is 2.28 bits per heavy atom. The van der Waals surface area contributed by atoms with Gasteiger partial charge in [0.2, 0.25) is 13.1 Å². The van der Waals surface area contributed by atoms with Crippen LogP contribution in [0, 0.1) is 13.1 Å². The summed E-state index contributed by atoms with van der Waals surface area (Å²) in [6.07, 6.45) is 3.44. The minimum absolute atomic E-state index is 0.0252. The van der Waals surface area contributed by atoms with E-state index in [2.05, 4.69) is 49.9 Å². The molecule has 1 saturated heterocycles. The largest absolute Gasteiger partial charge is 0.697 e. The smallest absolute Gasteiger partial charge is 0.409 e. The van der Waals surface area contributed by atoms with Gasteiger partial charge in [-0.1, -0.05) is 27.7 Å². The third-order valence-corrected chi connectivity index (χ3v) is 13.5. The quantitative estimate of drug-likeness (QED) is 0.110. The first-order valence-corrected chi connectivity index (χ1v) is 17.6. The molecule has 202 valence electrons. The van der Waals surface area contributed by atoms with Crippen LogP contribution in [0.5, 0.6) is 0 Å². The molecule has 0 N–H and O–H groups in total. The van der Waals surface area contributed by atoms with Gasteiger partial charge in [0.15, 0.2) is 14.9 Å². The zero-order chi connectivity index (χ0) is 27.6. The molecule has 1 aliphatic heterocycles. The van der Waals surface area contributed by atoms with Crippen LogP contribution in [0.1, 0.15) is 40.5 Å². The second-order valence-electron chi connectivity index (χ2n) is 9.90. The highest BCUT2D eigenvalue weighted by atomic mass is 31.2. The summed E-state index contributed by atoms with van der Waals surface area (Å²) in [6, 6.07) is -0.804. The Bertz CT molecular complexity index is 860. The number of nitrogens with zero attached hydrogens (tertiary/aromatic N) is 2. The number of hydrogen-bond acceptors (Lipinski definition) is 8. The van der Waals surface area contributed by atoms with Gasteiger partial charge in [-0.2, -0.15) is 0 Å². The van der Waals surface area contributed by atoms with E-state index in [1.807, 2.05) is 6.92 Å². The fourth-order valence-corrected chi connectivity index (χ4v) is 6.46. The van der Waals surface area contributed by atoms with E-state index >= 15 is 0 Å². The second kappa shape index (κ2) is 14.5. The molecule has 0 aliphatic carbocycles. The van der Waals surface area contributed by atoms with Gasteiger partial charge in [-0.25, -0.2) is 13.1 Å². The summed E-state index contributed by atoms with van der Waals surface area (Å²) >= 11 is 0. The third-order valence-electron chi connectivity index (χ3n) is 6.51. The maximum absolute atomic E-state index is 12.0. The van der Waals surface area contributed by atoms with Crippen molar-refractivity contribution in [3.63, 3.8) is 0 Å². The van der Waals surface area contributed by atoms with Crippen molar-refractivity contribution in [1.82, 2.24) is 0 Å². The van der Waals surface area contributed by atoms with E-state index in [1.165, 1.54) is 7.11 Å². The van der Waals surface area contributed by atoms with Gasteiger partial charge in [-0.3, -0.25) is 0 Å². The SMILES string of the molecule is [B][C@@H]1O[C@@](CC)(CCO[P+](=O)OCC[N+]#[C-])[C@H](OP(=C)(OC)OCC[N+]#[C-])C1O[Si](C)(C)C(C)(C)C. The normalized spacial score (nSPS) is 26.7. The molecule has 0 bridgehead atoms. The molecule has 1 rings (SSSR count). The zero-order valence-electron chi connectivity index (χ0n) is 22.5. The lowest BCUT2D eigenvalue weighted by Gasteiger charge is -2.42. The fraction of sp³-hybridized carbons (Fsp3) is 0.864. The third kappa shape index (κ3) is 9.29. The Morgan fingerprint density at radius 1 is 1.17 bits per heavy atom. The van der Waals surface area contributed by atoms with Gasteiger partial charge in [-0.05, 0) is 30.9 Å². The maximum atomic E-state index is 12.0. The monoisotopic (exact) mass is 561 g/mol. The summed E-state index contributed by atoms with van der Waals surface area (Å²) in [4.78, 5) is 6.46. The van der Waals surface area contributed by atoms with Crippen molar-refractivity contribution in [3.05, 3.63) is 22.8 Å². The molecule has 3 unspecified atom stereocenters. The predicted octanol–water partition coefficient (Wildman–Crippen LogP) is 5.21. The molecular formula is C22H40BN2O8P2Si+. The maximum Gasteiger partial charge on any atom is 0.697 e. The van der Waals surface area contributed by atoms with Crippen LogP contribution in [0.25, 0.3) is 9.69 Å². The molecule has 0 saturated carbocycles. The molecular weight excluding hydrogens is 521 g/mol. The molecule has 0 aromatic rings. The van der Waals surface area contributed by atoms with Crippen LogP contribution in [-0.4, -0.2) is 86.3 Å². The summed E-state index contributed by atoms with van der Waals surface area (Å²) < 4.78 is 53.2. The van der Waals surface area contributed by atoms with Crippen molar-refractivity contribution in [2.75, 3.05) is 40.0 Å². The van der Waals surface area contributed by atoms with Crippen LogP contribution in [0.2, 0.25) is 18.1 Å². The highest BCUT2D eigenvalue weighted by molar-refractivity contribution is 7.59. The van der Waals surface area contributed by atoms with Crippen molar-refractivity contribution in [2.45, 2.75) is 82.5 Å². The lowest BCUT2D eigenvalue weighted by molar-refractivity contribution is -0.0785. The predicted molar refractivity (Wildman–Crippen MR) is 145 cm³/mol. The van der Waals surface area contributed by atoms with Gasteiger partial charge in [-0.15, -0.1) is 9.05 Å². The van der Waals surface area contributed by atoms with Crippen molar-refractivity contribution in [1.29, 1.82) is 0 Å². The van der Waals surface area contributed by atoms with Crippen molar-refractivity contribution < 1.29 is 36.3 Å². The number of ether oxygens (including phenoxy) is 1. The lowest BCUT2D eigenvalue weighted by Crippen LogP contribution is -2.52. The molecule has 36 heavy (non-hydrogen) atoms. The van der Waals surface area contributed by atoms with Crippen LogP contribution in [0.4, 0.5) is 0 Å². The van der Waals surface area contributed by atoms with Crippen LogP contribution in [0.3, 0.4) is 0 Å². The van der Waals surface area contributed by atoms with Gasteiger partial charge >= 0.3 is 8.25 Å². The van der Waals surface area contributed by atoms with E-state index in [4.69, 9.17) is 52.8 Å². The van der Waals surface area contributed by atoms with Gasteiger partial charge in [0.1, 0.15) is 27.2 Å². The van der Waals surface area contributed by atoms with Crippen molar-refractivity contribution in [3.8, 4) is 0 Å². The molecule has 6 atom stereocenters. The van der Waals surface area contributed by atoms with E-state index in [-0.39, 0.29) is 44.4 Å². The average Bonchev–Trinajstić information content (AvgIpc) is 3.04. The molecule has 0 aromatic heterocycles. The number of rotatable bonds is 16. The topological polar surface area (TPSA) is 90.4 Å². The minimum atomic E-state index is -3.11. The summed E-state index contributed by atoms with van der Waals surface area (Å²) in [5.41, 5.74) is -0.968. The second-order valence-corrected chi connectivity index (χ2v) is 17.7. The zero-order valence-corrected chi connectivity index (χ0v) is 25.3. The van der Waals surface area contributed by atoms with Crippen LogP contribution < -0.4 is 0 Å². The molecule has 0 spiro atoms. The minimum Gasteiger partial charge on any atom is -0.409 e. The first kappa shape index (κ1) is 33.4. The Hall–Kier alpha value is -0.618. The lowest BCUT2D eigenvalue weighted by atomic mass is 9.86. The van der Waals surface area contributed by atoms with E-state index < -0.39 is 48.0 Å². The van der Waals surface area contributed by atoms with Gasteiger partial charge < -0.3 is 32.4 Å². The highest BCUT2D eigenvalue weighted by Crippen LogP contribution is 2.55. The van der Waals surface area contributed by atoms with Crippen LogP contribution in [0.15, 0.2) is 0 Å². The first-order valence-electron chi connectivity index (χ1n) is 11.8. The Balaban J connectivity index is 3.23. The summed E-state index contributed by atoms with van der Waals surface area (Å²) in [6.45, 7) is 26.7. The Kier molecular flexibility index (Phi) is 13.5. The fourth-order valence-electron chi connectivity index (χ4n) is 3.36. The van der Waals surface area contributed by atoms with Crippen LogP contribution in [-0.2, 0) is 36.3 Å². The van der Waals surface area contributed by atoms with E-state index in [9.17, 15) is 4.57 Å².